The van der Waals surface area contributed by atoms with Crippen molar-refractivity contribution < 1.29 is 0 Å². The average Bonchev–Trinajstić information content (AvgIpc) is 3.90. The Morgan fingerprint density at radius 1 is 0.290 bits per heavy atom. The van der Waals surface area contributed by atoms with Crippen molar-refractivity contribution >= 4 is 53.3 Å². The molecular weight excluding hydrogens is 779 g/mol. The molecule has 290 valence electrons. The van der Waals surface area contributed by atoms with Crippen LogP contribution >= 0.6 is 11.3 Å². The molecule has 0 unspecified atom stereocenters. The third kappa shape index (κ3) is 6.20. The summed E-state index contributed by atoms with van der Waals surface area (Å²) < 4.78 is 4.78. The summed E-state index contributed by atoms with van der Waals surface area (Å²) in [6.07, 6.45) is 0. The first-order valence-electron chi connectivity index (χ1n) is 20.5. The third-order valence-corrected chi connectivity index (χ3v) is 12.5. The zero-order chi connectivity index (χ0) is 41.0. The van der Waals surface area contributed by atoms with E-state index in [1.165, 1.54) is 20.2 Å². The molecule has 4 heterocycles. The van der Waals surface area contributed by atoms with Gasteiger partial charge in [0.2, 0.25) is 0 Å². The maximum Gasteiger partial charge on any atom is 0.166 e. The summed E-state index contributed by atoms with van der Waals surface area (Å²) in [5.74, 6) is 3.42. The summed E-state index contributed by atoms with van der Waals surface area (Å²) >= 11 is 1.79. The van der Waals surface area contributed by atoms with Gasteiger partial charge in [0, 0.05) is 64.3 Å². The van der Waals surface area contributed by atoms with Crippen molar-refractivity contribution in [2.75, 3.05) is 0 Å². The number of thiophene rings is 1. The second kappa shape index (κ2) is 14.8. The Morgan fingerprint density at radius 3 is 1.24 bits per heavy atom. The van der Waals surface area contributed by atoms with Gasteiger partial charge in [-0.25, -0.2) is 29.9 Å². The van der Waals surface area contributed by atoms with E-state index in [2.05, 4.69) is 114 Å². The smallest absolute Gasteiger partial charge is 0.166 e. The molecular formula is C54H33N7S. The van der Waals surface area contributed by atoms with E-state index in [1.54, 1.807) is 11.3 Å². The summed E-state index contributed by atoms with van der Waals surface area (Å²) in [7, 11) is 0. The highest BCUT2D eigenvalue weighted by Gasteiger charge is 2.22. The van der Waals surface area contributed by atoms with Gasteiger partial charge < -0.3 is 4.57 Å². The van der Waals surface area contributed by atoms with E-state index in [1.807, 2.05) is 91.0 Å². The van der Waals surface area contributed by atoms with Gasteiger partial charge in [0.15, 0.2) is 34.9 Å². The predicted octanol–water partition coefficient (Wildman–Crippen LogP) is 13.5. The molecule has 62 heavy (non-hydrogen) atoms. The first-order valence-corrected chi connectivity index (χ1v) is 21.3. The number of para-hydroxylation sites is 2. The molecule has 7 nitrogen and oxygen atoms in total. The van der Waals surface area contributed by atoms with Crippen LogP contribution in [0.4, 0.5) is 0 Å². The maximum absolute atomic E-state index is 5.38. The highest BCUT2D eigenvalue weighted by Crippen LogP contribution is 2.40. The van der Waals surface area contributed by atoms with E-state index in [-0.39, 0.29) is 0 Å². The molecule has 0 radical (unpaired) electrons. The van der Waals surface area contributed by atoms with Gasteiger partial charge in [-0.05, 0) is 54.6 Å². The highest BCUT2D eigenvalue weighted by molar-refractivity contribution is 7.25. The lowest BCUT2D eigenvalue weighted by Gasteiger charge is -2.16. The Labute approximate surface area is 360 Å². The minimum atomic E-state index is 0.531. The van der Waals surface area contributed by atoms with Gasteiger partial charge in [0.1, 0.15) is 0 Å². The van der Waals surface area contributed by atoms with Crippen molar-refractivity contribution in [3.63, 3.8) is 0 Å². The van der Waals surface area contributed by atoms with Gasteiger partial charge in [0.05, 0.1) is 16.7 Å². The molecule has 8 heteroatoms. The number of fused-ring (bicyclic) bond motifs is 6. The van der Waals surface area contributed by atoms with Gasteiger partial charge >= 0.3 is 0 Å². The zero-order valence-corrected chi connectivity index (χ0v) is 33.9. The second-order valence-electron chi connectivity index (χ2n) is 15.1. The molecule has 0 aliphatic carbocycles. The number of hydrogen-bond acceptors (Lipinski definition) is 7. The second-order valence-corrected chi connectivity index (χ2v) is 16.2. The first-order chi connectivity index (χ1) is 30.7. The number of nitrogens with zero attached hydrogens (tertiary/aromatic N) is 7. The van der Waals surface area contributed by atoms with Gasteiger partial charge in [-0.3, -0.25) is 0 Å². The Kier molecular flexibility index (Phi) is 8.53. The largest absolute Gasteiger partial charge is 0.309 e. The van der Waals surface area contributed by atoms with Crippen LogP contribution in [-0.4, -0.2) is 34.5 Å². The number of aromatic nitrogens is 7. The molecule has 12 aromatic rings. The summed E-state index contributed by atoms with van der Waals surface area (Å²) in [6, 6.07) is 68.7. The standard InChI is InChI=1S/C54H33N7S/c1-4-16-34(17-5-1)49-55-50(35-18-6-2-7-19-35)57-52(56-49)37-28-30-46(61-44-25-13-10-22-39(44)40-23-11-14-26-45(40)61)43(33-37)54-59-51(36-20-8-3-9-21-36)58-53(60-54)38-29-31-48-42(32-38)41-24-12-15-27-47(41)62-48/h1-33H. The topological polar surface area (TPSA) is 82.3 Å². The molecule has 0 fully saturated rings. The van der Waals surface area contributed by atoms with Crippen LogP contribution < -0.4 is 0 Å². The number of benzene rings is 8. The molecule has 0 saturated heterocycles. The summed E-state index contributed by atoms with van der Waals surface area (Å²) in [5, 5.41) is 4.72. The lowest BCUT2D eigenvalue weighted by Crippen LogP contribution is -2.05. The lowest BCUT2D eigenvalue weighted by atomic mass is 10.0. The number of rotatable bonds is 7. The summed E-state index contributed by atoms with van der Waals surface area (Å²) in [6.45, 7) is 0. The molecule has 8 aromatic carbocycles. The maximum atomic E-state index is 5.38. The van der Waals surface area contributed by atoms with Crippen LogP contribution in [0.3, 0.4) is 0 Å². The van der Waals surface area contributed by atoms with Crippen molar-refractivity contribution in [2.24, 2.45) is 0 Å². The molecule has 0 N–H and O–H groups in total. The van der Waals surface area contributed by atoms with E-state index >= 15 is 0 Å². The third-order valence-electron chi connectivity index (χ3n) is 11.3. The van der Waals surface area contributed by atoms with Gasteiger partial charge in [-0.1, -0.05) is 146 Å². The molecule has 0 spiro atoms. The predicted molar refractivity (Wildman–Crippen MR) is 253 cm³/mol. The van der Waals surface area contributed by atoms with Crippen molar-refractivity contribution in [3.05, 3.63) is 200 Å². The Morgan fingerprint density at radius 2 is 0.694 bits per heavy atom. The average molecular weight is 812 g/mol. The van der Waals surface area contributed by atoms with E-state index < -0.39 is 0 Å². The molecule has 0 amide bonds. The van der Waals surface area contributed by atoms with Crippen LogP contribution in [0, 0.1) is 0 Å². The molecule has 0 atom stereocenters. The normalized spacial score (nSPS) is 11.5. The highest BCUT2D eigenvalue weighted by atomic mass is 32.1. The Hall–Kier alpha value is -8.20. The van der Waals surface area contributed by atoms with Crippen LogP contribution in [0.2, 0.25) is 0 Å². The van der Waals surface area contributed by atoms with Gasteiger partial charge in [-0.15, -0.1) is 11.3 Å². The molecule has 0 bridgehead atoms. The van der Waals surface area contributed by atoms with Crippen molar-refractivity contribution in [1.29, 1.82) is 0 Å². The Bertz CT molecular complexity index is 3530. The van der Waals surface area contributed by atoms with Crippen molar-refractivity contribution in [2.45, 2.75) is 0 Å². The van der Waals surface area contributed by atoms with E-state index in [0.717, 1.165) is 60.9 Å². The molecule has 0 aliphatic heterocycles. The van der Waals surface area contributed by atoms with Crippen molar-refractivity contribution in [3.8, 4) is 74.0 Å². The minimum absolute atomic E-state index is 0.531. The fourth-order valence-electron chi connectivity index (χ4n) is 8.38. The Balaban J connectivity index is 1.14. The quantitative estimate of drug-likeness (QED) is 0.159. The van der Waals surface area contributed by atoms with E-state index in [0.29, 0.717) is 34.9 Å². The molecule has 0 saturated carbocycles. The van der Waals surface area contributed by atoms with Gasteiger partial charge in [-0.2, -0.15) is 0 Å². The molecule has 4 aromatic heterocycles. The first kappa shape index (κ1) is 35.7. The molecule has 0 aliphatic rings. The lowest BCUT2D eigenvalue weighted by molar-refractivity contribution is 1.06. The van der Waals surface area contributed by atoms with Crippen molar-refractivity contribution in [1.82, 2.24) is 34.5 Å². The number of hydrogen-bond donors (Lipinski definition) is 0. The monoisotopic (exact) mass is 811 g/mol. The van der Waals surface area contributed by atoms with Crippen LogP contribution in [0.1, 0.15) is 0 Å². The summed E-state index contributed by atoms with van der Waals surface area (Å²) in [5.41, 5.74) is 8.29. The van der Waals surface area contributed by atoms with Gasteiger partial charge in [0.25, 0.3) is 0 Å². The fraction of sp³-hybridized carbons (Fsp3) is 0. The minimum Gasteiger partial charge on any atom is -0.309 e. The van der Waals surface area contributed by atoms with Crippen LogP contribution in [-0.2, 0) is 0 Å². The van der Waals surface area contributed by atoms with Crippen LogP contribution in [0.15, 0.2) is 200 Å². The van der Waals surface area contributed by atoms with Crippen LogP contribution in [0.5, 0.6) is 0 Å². The fourth-order valence-corrected chi connectivity index (χ4v) is 9.46. The molecule has 12 rings (SSSR count). The van der Waals surface area contributed by atoms with E-state index in [4.69, 9.17) is 29.9 Å². The summed E-state index contributed by atoms with van der Waals surface area (Å²) in [4.78, 5) is 31.1. The van der Waals surface area contributed by atoms with E-state index in [9.17, 15) is 0 Å². The SMILES string of the molecule is c1ccc(-c2nc(-c3ccccc3)nc(-c3ccc(-n4c5ccccc5c5ccccc54)c(-c4nc(-c5ccccc5)nc(-c5ccc6sc7ccccc7c6c5)n4)c3)n2)cc1. The van der Waals surface area contributed by atoms with Crippen LogP contribution in [0.25, 0.3) is 116 Å². The zero-order valence-electron chi connectivity index (χ0n) is 33.1.